The summed E-state index contributed by atoms with van der Waals surface area (Å²) in [5.41, 5.74) is 0.494. The van der Waals surface area contributed by atoms with Crippen molar-refractivity contribution in [3.8, 4) is 11.5 Å². The molecule has 2 aromatic rings. The Morgan fingerprint density at radius 1 is 1.24 bits per heavy atom. The number of anilines is 1. The zero-order valence-electron chi connectivity index (χ0n) is 19.6. The summed E-state index contributed by atoms with van der Waals surface area (Å²) in [4.78, 5) is 25.6. The van der Waals surface area contributed by atoms with Crippen molar-refractivity contribution in [3.05, 3.63) is 42.1 Å². The van der Waals surface area contributed by atoms with Crippen molar-refractivity contribution in [2.24, 2.45) is 5.41 Å². The number of carbonyl (C=O) groups excluding carboxylic acids is 1. The maximum absolute atomic E-state index is 14.5. The lowest BCUT2D eigenvalue weighted by atomic mass is 9.72. The van der Waals surface area contributed by atoms with Crippen LogP contribution in [0.25, 0.3) is 0 Å². The van der Waals surface area contributed by atoms with Crippen LogP contribution >= 0.6 is 0 Å². The molecule has 9 heteroatoms. The summed E-state index contributed by atoms with van der Waals surface area (Å²) in [6, 6.07) is 3.69. The van der Waals surface area contributed by atoms with Crippen LogP contribution in [0.1, 0.15) is 49.9 Å². The average Bonchev–Trinajstić information content (AvgIpc) is 2.77. The Bertz CT molecular complexity index is 1050. The molecule has 1 aromatic carbocycles. The first kappa shape index (κ1) is 23.0. The number of hydrogen-bond acceptors (Lipinski definition) is 6. The molecule has 1 saturated carbocycles. The Morgan fingerprint density at radius 2 is 1.97 bits per heavy atom. The van der Waals surface area contributed by atoms with E-state index in [1.165, 1.54) is 24.5 Å². The molecule has 1 N–H and O–H groups in total. The number of nitrogens with zero attached hydrogens (tertiary/aromatic N) is 4. The second kappa shape index (κ2) is 9.09. The van der Waals surface area contributed by atoms with Gasteiger partial charge in [0.25, 0.3) is 5.91 Å². The van der Waals surface area contributed by atoms with Crippen molar-refractivity contribution in [1.29, 1.82) is 0 Å². The Labute approximate surface area is 198 Å². The fourth-order valence-electron chi connectivity index (χ4n) is 5.40. The minimum atomic E-state index is -0.882. The van der Waals surface area contributed by atoms with Crippen molar-refractivity contribution >= 4 is 11.7 Å². The Morgan fingerprint density at radius 3 is 2.65 bits per heavy atom. The summed E-state index contributed by atoms with van der Waals surface area (Å²) in [5.74, 6) is 0.407. The number of aromatic nitrogens is 2. The van der Waals surface area contributed by atoms with E-state index in [0.717, 1.165) is 39.0 Å². The number of alkyl halides is 1. The molecule has 5 rings (SSSR count). The molecular formula is C25H31F2N5O2. The summed E-state index contributed by atoms with van der Waals surface area (Å²) in [6.07, 6.45) is 5.08. The van der Waals surface area contributed by atoms with Gasteiger partial charge in [-0.3, -0.25) is 4.79 Å². The molecule has 3 aliphatic rings. The van der Waals surface area contributed by atoms with E-state index in [2.05, 4.69) is 20.2 Å². The normalized spacial score (nSPS) is 23.4. The maximum Gasteiger partial charge on any atom is 0.254 e. The number of halogens is 2. The molecule has 1 spiro atoms. The lowest BCUT2D eigenvalue weighted by Gasteiger charge is -2.53. The van der Waals surface area contributed by atoms with Crippen molar-refractivity contribution < 1.29 is 18.3 Å². The van der Waals surface area contributed by atoms with E-state index in [-0.39, 0.29) is 29.3 Å². The minimum Gasteiger partial charge on any atom is -0.452 e. The predicted octanol–water partition coefficient (Wildman–Crippen LogP) is 3.95. The molecule has 0 atom stereocenters. The predicted molar refractivity (Wildman–Crippen MR) is 124 cm³/mol. The standard InChI is InChI=1S/C25H31F2N5O2/c1-16(2)32(20-9-19(27)10-20)24(33)17-7-18(26)11-21(8-17)34-22-12-29-15-30-23(22)31-13-25(14-31)3-5-28-6-4-25/h7-8,11-12,15-16,19-20,28H,3-6,9-10,13-14H2,1-2H3. The van der Waals surface area contributed by atoms with Gasteiger partial charge in [0.15, 0.2) is 11.6 Å². The molecule has 2 aliphatic heterocycles. The fraction of sp³-hybridized carbons (Fsp3) is 0.560. The monoisotopic (exact) mass is 471 g/mol. The van der Waals surface area contributed by atoms with Gasteiger partial charge in [-0.05, 0) is 64.8 Å². The molecule has 2 saturated heterocycles. The van der Waals surface area contributed by atoms with Crippen LogP contribution in [0.5, 0.6) is 11.5 Å². The van der Waals surface area contributed by atoms with Gasteiger partial charge in [-0.1, -0.05) is 0 Å². The molecule has 3 heterocycles. The highest BCUT2D eigenvalue weighted by Crippen LogP contribution is 2.43. The summed E-state index contributed by atoms with van der Waals surface area (Å²) in [6.45, 7) is 7.62. The van der Waals surface area contributed by atoms with Gasteiger partial charge in [0, 0.05) is 42.2 Å². The topological polar surface area (TPSA) is 70.6 Å². The van der Waals surface area contributed by atoms with Crippen molar-refractivity contribution in [3.63, 3.8) is 0 Å². The van der Waals surface area contributed by atoms with E-state index < -0.39 is 12.0 Å². The number of nitrogens with one attached hydrogen (secondary N) is 1. The van der Waals surface area contributed by atoms with Gasteiger partial charge in [0.1, 0.15) is 24.1 Å². The number of piperidine rings is 1. The third kappa shape index (κ3) is 4.45. The number of carbonyl (C=O) groups is 1. The van der Waals surface area contributed by atoms with E-state index >= 15 is 0 Å². The molecule has 7 nitrogen and oxygen atoms in total. The third-order valence-corrected chi connectivity index (χ3v) is 7.26. The molecule has 1 amide bonds. The zero-order valence-corrected chi connectivity index (χ0v) is 19.6. The molecule has 1 aliphatic carbocycles. The molecule has 0 bridgehead atoms. The van der Waals surface area contributed by atoms with Crippen LogP contribution in [-0.4, -0.2) is 65.2 Å². The van der Waals surface area contributed by atoms with Crippen LogP contribution in [0, 0.1) is 11.2 Å². The molecule has 34 heavy (non-hydrogen) atoms. The lowest BCUT2D eigenvalue weighted by molar-refractivity contribution is 0.0266. The van der Waals surface area contributed by atoms with Crippen LogP contribution in [0.4, 0.5) is 14.6 Å². The SMILES string of the molecule is CC(C)N(C(=O)c1cc(F)cc(Oc2cncnc2N2CC3(CCNCC3)C2)c1)C1CC(F)C1. The van der Waals surface area contributed by atoms with Gasteiger partial charge in [-0.15, -0.1) is 0 Å². The molecule has 1 aromatic heterocycles. The van der Waals surface area contributed by atoms with E-state index in [0.29, 0.717) is 29.8 Å². The van der Waals surface area contributed by atoms with Crippen LogP contribution < -0.4 is 15.0 Å². The second-order valence-corrected chi connectivity index (χ2v) is 10.1. The van der Waals surface area contributed by atoms with Gasteiger partial charge in [0.05, 0.1) is 6.20 Å². The molecule has 182 valence electrons. The first-order valence-electron chi connectivity index (χ1n) is 12.0. The molecule has 0 radical (unpaired) electrons. The van der Waals surface area contributed by atoms with Crippen LogP contribution in [0.2, 0.25) is 0 Å². The highest BCUT2D eigenvalue weighted by molar-refractivity contribution is 5.95. The fourth-order valence-corrected chi connectivity index (χ4v) is 5.40. The minimum absolute atomic E-state index is 0.125. The molecule has 0 unspecified atom stereocenters. The summed E-state index contributed by atoms with van der Waals surface area (Å²) >= 11 is 0. The van der Waals surface area contributed by atoms with E-state index in [1.807, 2.05) is 13.8 Å². The summed E-state index contributed by atoms with van der Waals surface area (Å²) in [5, 5.41) is 3.40. The number of rotatable bonds is 6. The number of amides is 1. The number of benzene rings is 1. The van der Waals surface area contributed by atoms with Gasteiger partial charge in [-0.25, -0.2) is 18.7 Å². The summed E-state index contributed by atoms with van der Waals surface area (Å²) < 4.78 is 34.0. The highest BCUT2D eigenvalue weighted by Gasteiger charge is 2.45. The first-order chi connectivity index (χ1) is 16.3. The van der Waals surface area contributed by atoms with Crippen molar-refractivity contribution in [2.45, 2.75) is 57.8 Å². The quantitative estimate of drug-likeness (QED) is 0.688. The maximum atomic E-state index is 14.5. The van der Waals surface area contributed by atoms with Gasteiger partial charge in [-0.2, -0.15) is 0 Å². The van der Waals surface area contributed by atoms with E-state index in [1.54, 1.807) is 11.1 Å². The van der Waals surface area contributed by atoms with E-state index in [9.17, 15) is 13.6 Å². The lowest BCUT2D eigenvalue weighted by Crippen LogP contribution is -2.60. The van der Waals surface area contributed by atoms with Crippen LogP contribution in [0.3, 0.4) is 0 Å². The average molecular weight is 472 g/mol. The zero-order chi connectivity index (χ0) is 23.9. The number of ether oxygens (including phenoxy) is 1. The van der Waals surface area contributed by atoms with Gasteiger partial charge in [0.2, 0.25) is 0 Å². The van der Waals surface area contributed by atoms with Crippen LogP contribution in [0.15, 0.2) is 30.7 Å². The molecule has 3 fully saturated rings. The smallest absolute Gasteiger partial charge is 0.254 e. The van der Waals surface area contributed by atoms with E-state index in [4.69, 9.17) is 4.74 Å². The van der Waals surface area contributed by atoms with Gasteiger partial charge >= 0.3 is 0 Å². The van der Waals surface area contributed by atoms with Gasteiger partial charge < -0.3 is 19.9 Å². The molecular weight excluding hydrogens is 440 g/mol. The summed E-state index contributed by atoms with van der Waals surface area (Å²) in [7, 11) is 0. The number of hydrogen-bond donors (Lipinski definition) is 1. The van der Waals surface area contributed by atoms with Crippen LogP contribution in [-0.2, 0) is 0 Å². The third-order valence-electron chi connectivity index (χ3n) is 7.26. The Balaban J connectivity index is 1.34. The van der Waals surface area contributed by atoms with Crippen molar-refractivity contribution in [1.82, 2.24) is 20.2 Å². The second-order valence-electron chi connectivity index (χ2n) is 10.1. The first-order valence-corrected chi connectivity index (χ1v) is 12.0. The van der Waals surface area contributed by atoms with Crippen molar-refractivity contribution in [2.75, 3.05) is 31.1 Å². The highest BCUT2D eigenvalue weighted by atomic mass is 19.1. The Kier molecular flexibility index (Phi) is 6.14. The largest absolute Gasteiger partial charge is 0.452 e. The Hall–Kier alpha value is -2.81.